The Morgan fingerprint density at radius 3 is 2.07 bits per heavy atom. The molecule has 0 spiro atoms. The van der Waals surface area contributed by atoms with Crippen LogP contribution in [0.1, 0.15) is 15.9 Å². The number of alkyl halides is 3. The number of benzene rings is 3. The molecule has 5 rings (SSSR count). The van der Waals surface area contributed by atoms with Crippen LogP contribution in [0, 0.1) is 0 Å². The average Bonchev–Trinajstić information content (AvgIpc) is 2.98. The summed E-state index contributed by atoms with van der Waals surface area (Å²) in [6, 6.07) is 18.5. The molecule has 1 aliphatic rings. The van der Waals surface area contributed by atoms with Crippen LogP contribution >= 0.6 is 0 Å². The van der Waals surface area contributed by atoms with Gasteiger partial charge in [-0.15, -0.1) is 0 Å². The Morgan fingerprint density at radius 2 is 1.45 bits per heavy atom. The van der Waals surface area contributed by atoms with Crippen molar-refractivity contribution in [1.82, 2.24) is 19.8 Å². The maximum absolute atomic E-state index is 12.8. The lowest BCUT2D eigenvalue weighted by Crippen LogP contribution is -2.47. The molecular formula is C29H27F3N6O3S. The summed E-state index contributed by atoms with van der Waals surface area (Å²) in [6.45, 7) is 3.09. The van der Waals surface area contributed by atoms with Gasteiger partial charge in [-0.2, -0.15) is 13.2 Å². The molecule has 1 aliphatic heterocycles. The van der Waals surface area contributed by atoms with Crippen molar-refractivity contribution < 1.29 is 26.4 Å². The molecular weight excluding hydrogens is 569 g/mol. The summed E-state index contributed by atoms with van der Waals surface area (Å²) in [5.74, 6) is 0.329. The first-order chi connectivity index (χ1) is 20.0. The zero-order valence-corrected chi connectivity index (χ0v) is 23.3. The zero-order valence-electron chi connectivity index (χ0n) is 22.5. The number of hydrogen-bond acceptors (Lipinski definition) is 7. The quantitative estimate of drug-likeness (QED) is 0.306. The fourth-order valence-corrected chi connectivity index (χ4v) is 5.40. The molecule has 9 nitrogen and oxygen atoms in total. The van der Waals surface area contributed by atoms with Crippen LogP contribution in [0.4, 0.5) is 30.5 Å². The number of halogens is 3. The number of sulfonamides is 1. The highest BCUT2D eigenvalue weighted by Gasteiger charge is 2.30. The first-order valence-electron chi connectivity index (χ1n) is 13.0. The summed E-state index contributed by atoms with van der Waals surface area (Å²) in [4.78, 5) is 25.3. The second-order valence-electron chi connectivity index (χ2n) is 9.77. The van der Waals surface area contributed by atoms with Gasteiger partial charge < -0.3 is 15.1 Å². The van der Waals surface area contributed by atoms with Crippen LogP contribution < -0.4 is 10.0 Å². The number of nitrogens with one attached hydrogen (secondary N) is 2. The number of hydrogen-bond donors (Lipinski definition) is 2. The van der Waals surface area contributed by atoms with Crippen LogP contribution in [0.5, 0.6) is 0 Å². The van der Waals surface area contributed by atoms with Crippen molar-refractivity contribution in [3.05, 3.63) is 96.2 Å². The third-order valence-electron chi connectivity index (χ3n) is 6.76. The maximum atomic E-state index is 12.8. The van der Waals surface area contributed by atoms with Crippen LogP contribution in [0.15, 0.2) is 90.0 Å². The van der Waals surface area contributed by atoms with Gasteiger partial charge in [-0.1, -0.05) is 12.1 Å². The maximum Gasteiger partial charge on any atom is 0.416 e. The largest absolute Gasteiger partial charge is 0.416 e. The summed E-state index contributed by atoms with van der Waals surface area (Å²) in [6.07, 6.45) is -2.98. The molecule has 218 valence electrons. The van der Waals surface area contributed by atoms with Crippen LogP contribution in [0.2, 0.25) is 0 Å². The number of piperazine rings is 1. The Kier molecular flexibility index (Phi) is 8.14. The molecule has 13 heteroatoms. The molecule has 2 N–H and O–H groups in total. The number of likely N-dealkylation sites (N-methyl/N-ethyl adjacent to an activating group) is 1. The van der Waals surface area contributed by atoms with Crippen molar-refractivity contribution in [2.75, 3.05) is 43.3 Å². The summed E-state index contributed by atoms with van der Waals surface area (Å²) in [5, 5.41) is 3.12. The molecule has 4 aromatic rings. The summed E-state index contributed by atoms with van der Waals surface area (Å²) < 4.78 is 66.0. The van der Waals surface area contributed by atoms with Gasteiger partial charge >= 0.3 is 6.18 Å². The highest BCUT2D eigenvalue weighted by molar-refractivity contribution is 7.92. The molecule has 2 heterocycles. The lowest BCUT2D eigenvalue weighted by atomic mass is 10.1. The van der Waals surface area contributed by atoms with Crippen molar-refractivity contribution in [2.24, 2.45) is 0 Å². The Balaban J connectivity index is 1.23. The van der Waals surface area contributed by atoms with Crippen LogP contribution in [0.3, 0.4) is 0 Å². The van der Waals surface area contributed by atoms with Gasteiger partial charge in [0.2, 0.25) is 5.95 Å². The second kappa shape index (κ2) is 11.8. The normalized spacial score (nSPS) is 14.4. The highest BCUT2D eigenvalue weighted by atomic mass is 32.2. The zero-order chi connectivity index (χ0) is 29.9. The third-order valence-corrected chi connectivity index (χ3v) is 8.16. The van der Waals surface area contributed by atoms with E-state index in [0.717, 1.165) is 37.4 Å². The van der Waals surface area contributed by atoms with Gasteiger partial charge in [-0.05, 0) is 73.8 Å². The van der Waals surface area contributed by atoms with E-state index in [4.69, 9.17) is 0 Å². The van der Waals surface area contributed by atoms with Crippen molar-refractivity contribution in [3.63, 3.8) is 0 Å². The van der Waals surface area contributed by atoms with Gasteiger partial charge in [0.1, 0.15) is 0 Å². The highest BCUT2D eigenvalue weighted by Crippen LogP contribution is 2.30. The lowest BCUT2D eigenvalue weighted by Gasteiger charge is -2.32. The van der Waals surface area contributed by atoms with Gasteiger partial charge in [-0.3, -0.25) is 9.52 Å². The topological polar surface area (TPSA) is 108 Å². The standard InChI is InChI=1S/C29H27F3N6O3S/c1-37-16-18-38(19-17-37)27(39)21-4-8-23(9-5-21)34-28-33-15-14-26(35-28)20-2-10-24(11-3-20)36-42(40,41)25-12-6-22(7-13-25)29(30,31)32/h2-15,36H,16-19H2,1H3,(H,33,34,35). The molecule has 1 saturated heterocycles. The van der Waals surface area contributed by atoms with Crippen LogP contribution in [-0.2, 0) is 16.2 Å². The van der Waals surface area contributed by atoms with Crippen molar-refractivity contribution in [1.29, 1.82) is 0 Å². The molecule has 1 fully saturated rings. The Labute approximate surface area is 241 Å². The number of carbonyl (C=O) groups excluding carboxylic acids is 1. The van der Waals surface area contributed by atoms with E-state index in [-0.39, 0.29) is 16.5 Å². The van der Waals surface area contributed by atoms with Crippen molar-refractivity contribution >= 4 is 33.3 Å². The Hall–Kier alpha value is -4.49. The van der Waals surface area contributed by atoms with E-state index >= 15 is 0 Å². The van der Waals surface area contributed by atoms with E-state index in [1.54, 1.807) is 48.7 Å². The second-order valence-corrected chi connectivity index (χ2v) is 11.5. The van der Waals surface area contributed by atoms with E-state index in [1.165, 1.54) is 12.1 Å². The minimum Gasteiger partial charge on any atom is -0.336 e. The van der Waals surface area contributed by atoms with Gasteiger partial charge in [0.25, 0.3) is 15.9 Å². The van der Waals surface area contributed by atoms with Crippen molar-refractivity contribution in [2.45, 2.75) is 11.1 Å². The van der Waals surface area contributed by atoms with Crippen LogP contribution in [0.25, 0.3) is 11.3 Å². The van der Waals surface area contributed by atoms with Gasteiger partial charge in [0.15, 0.2) is 0 Å². The molecule has 0 unspecified atom stereocenters. The molecule has 1 aromatic heterocycles. The fourth-order valence-electron chi connectivity index (χ4n) is 4.34. The smallest absolute Gasteiger partial charge is 0.336 e. The van der Waals surface area contributed by atoms with E-state index in [0.29, 0.717) is 41.5 Å². The van der Waals surface area contributed by atoms with Gasteiger partial charge in [0.05, 0.1) is 16.2 Å². The lowest BCUT2D eigenvalue weighted by molar-refractivity contribution is -0.137. The Bertz CT molecular complexity index is 1660. The summed E-state index contributed by atoms with van der Waals surface area (Å²) in [5.41, 5.74) is 1.87. The number of amides is 1. The Morgan fingerprint density at radius 1 is 0.833 bits per heavy atom. The molecule has 0 saturated carbocycles. The first kappa shape index (κ1) is 29.0. The number of carbonyl (C=O) groups is 1. The number of nitrogens with zero attached hydrogens (tertiary/aromatic N) is 4. The van der Waals surface area contributed by atoms with Crippen molar-refractivity contribution in [3.8, 4) is 11.3 Å². The molecule has 0 radical (unpaired) electrons. The molecule has 0 aliphatic carbocycles. The predicted octanol–water partition coefficient (Wildman–Crippen LogP) is 5.09. The molecule has 0 bridgehead atoms. The monoisotopic (exact) mass is 596 g/mol. The molecule has 3 aromatic carbocycles. The fraction of sp³-hybridized carbons (Fsp3) is 0.207. The average molecular weight is 597 g/mol. The van der Waals surface area contributed by atoms with E-state index in [2.05, 4.69) is 24.9 Å². The summed E-state index contributed by atoms with van der Waals surface area (Å²) >= 11 is 0. The molecule has 42 heavy (non-hydrogen) atoms. The first-order valence-corrected chi connectivity index (χ1v) is 14.4. The number of rotatable bonds is 7. The minimum absolute atomic E-state index is 0.00186. The van der Waals surface area contributed by atoms with E-state index in [9.17, 15) is 26.4 Å². The van der Waals surface area contributed by atoms with Gasteiger partial charge in [0, 0.05) is 54.9 Å². The number of anilines is 3. The molecule has 1 amide bonds. The number of aromatic nitrogens is 2. The predicted molar refractivity (Wildman–Crippen MR) is 153 cm³/mol. The minimum atomic E-state index is -4.56. The summed E-state index contributed by atoms with van der Waals surface area (Å²) in [7, 11) is -2.05. The van der Waals surface area contributed by atoms with Gasteiger partial charge in [-0.25, -0.2) is 18.4 Å². The van der Waals surface area contributed by atoms with Crippen LogP contribution in [-0.4, -0.2) is 67.3 Å². The third kappa shape index (κ3) is 6.86. The molecule has 0 atom stereocenters. The SMILES string of the molecule is CN1CCN(C(=O)c2ccc(Nc3nccc(-c4ccc(NS(=O)(=O)c5ccc(C(F)(F)F)cc5)cc4)n3)cc2)CC1. The van der Waals surface area contributed by atoms with E-state index in [1.807, 2.05) is 11.9 Å². The van der Waals surface area contributed by atoms with E-state index < -0.39 is 21.8 Å².